The summed E-state index contributed by atoms with van der Waals surface area (Å²) in [6.45, 7) is 4.20. The molecule has 2 N–H and O–H groups in total. The lowest BCUT2D eigenvalue weighted by Gasteiger charge is -2.19. The highest BCUT2D eigenvalue weighted by Gasteiger charge is 2.34. The standard InChI is InChI=1S/C15H19NO3S/c1-9-3-4-13(17)15-12(7-10(2)14(9)15)16-11-5-6-20(18,19)8-11/h3-6,10-12,16-17H,7-8H2,1-2H3. The fraction of sp³-hybridized carbons (Fsp3) is 0.467. The Balaban J connectivity index is 1.89. The first-order valence-corrected chi connectivity index (χ1v) is 8.58. The Morgan fingerprint density at radius 2 is 2.05 bits per heavy atom. The molecule has 1 aromatic carbocycles. The van der Waals surface area contributed by atoms with Crippen molar-refractivity contribution in [2.75, 3.05) is 5.75 Å². The van der Waals surface area contributed by atoms with E-state index in [0.29, 0.717) is 11.7 Å². The van der Waals surface area contributed by atoms with Gasteiger partial charge in [-0.3, -0.25) is 0 Å². The highest BCUT2D eigenvalue weighted by Crippen LogP contribution is 2.46. The van der Waals surface area contributed by atoms with E-state index in [1.807, 2.05) is 6.07 Å². The van der Waals surface area contributed by atoms with Crippen LogP contribution in [0.15, 0.2) is 23.6 Å². The quantitative estimate of drug-likeness (QED) is 0.877. The van der Waals surface area contributed by atoms with Gasteiger partial charge < -0.3 is 10.4 Å². The second-order valence-electron chi connectivity index (χ2n) is 5.85. The van der Waals surface area contributed by atoms with Crippen molar-refractivity contribution in [2.45, 2.75) is 38.3 Å². The van der Waals surface area contributed by atoms with Gasteiger partial charge >= 0.3 is 0 Å². The van der Waals surface area contributed by atoms with Crippen LogP contribution in [0.3, 0.4) is 0 Å². The molecule has 0 radical (unpaired) electrons. The van der Waals surface area contributed by atoms with Crippen molar-refractivity contribution in [3.8, 4) is 5.75 Å². The Hall–Kier alpha value is -1.33. The van der Waals surface area contributed by atoms with Crippen LogP contribution in [-0.4, -0.2) is 25.3 Å². The number of benzene rings is 1. The monoisotopic (exact) mass is 293 g/mol. The predicted molar refractivity (Wildman–Crippen MR) is 78.5 cm³/mol. The number of aromatic hydroxyl groups is 1. The largest absolute Gasteiger partial charge is 0.508 e. The Morgan fingerprint density at radius 1 is 1.30 bits per heavy atom. The van der Waals surface area contributed by atoms with Crippen LogP contribution in [0.4, 0.5) is 0 Å². The molecule has 5 heteroatoms. The van der Waals surface area contributed by atoms with Crippen molar-refractivity contribution in [3.63, 3.8) is 0 Å². The van der Waals surface area contributed by atoms with Crippen molar-refractivity contribution in [1.82, 2.24) is 5.32 Å². The van der Waals surface area contributed by atoms with Gasteiger partial charge in [0.1, 0.15) is 5.75 Å². The molecule has 0 saturated carbocycles. The third-order valence-electron chi connectivity index (χ3n) is 4.26. The normalized spacial score (nSPS) is 30.6. The van der Waals surface area contributed by atoms with Crippen LogP contribution >= 0.6 is 0 Å². The number of nitrogens with one attached hydrogen (secondary N) is 1. The zero-order chi connectivity index (χ0) is 14.5. The average Bonchev–Trinajstić information content (AvgIpc) is 2.86. The smallest absolute Gasteiger partial charge is 0.173 e. The summed E-state index contributed by atoms with van der Waals surface area (Å²) in [6.07, 6.45) is 2.59. The van der Waals surface area contributed by atoms with Crippen LogP contribution in [0, 0.1) is 6.92 Å². The molecule has 1 aliphatic heterocycles. The lowest BCUT2D eigenvalue weighted by atomic mass is 9.97. The number of hydrogen-bond acceptors (Lipinski definition) is 4. The molecule has 3 atom stereocenters. The molecule has 1 aromatic rings. The number of fused-ring (bicyclic) bond motifs is 1. The second-order valence-corrected chi connectivity index (χ2v) is 7.78. The van der Waals surface area contributed by atoms with E-state index in [-0.39, 0.29) is 17.8 Å². The summed E-state index contributed by atoms with van der Waals surface area (Å²) in [4.78, 5) is 0. The van der Waals surface area contributed by atoms with E-state index < -0.39 is 9.84 Å². The van der Waals surface area contributed by atoms with Crippen LogP contribution in [0.2, 0.25) is 0 Å². The van der Waals surface area contributed by atoms with E-state index in [1.165, 1.54) is 16.5 Å². The van der Waals surface area contributed by atoms with Crippen LogP contribution in [0.1, 0.15) is 42.0 Å². The van der Waals surface area contributed by atoms with Gasteiger partial charge in [0, 0.05) is 23.1 Å². The molecule has 0 bridgehead atoms. The number of rotatable bonds is 2. The number of sulfone groups is 1. The summed E-state index contributed by atoms with van der Waals surface area (Å²) >= 11 is 0. The van der Waals surface area contributed by atoms with E-state index >= 15 is 0 Å². The Kier molecular flexibility index (Phi) is 3.14. The third-order valence-corrected chi connectivity index (χ3v) is 5.65. The molecule has 0 amide bonds. The summed E-state index contributed by atoms with van der Waals surface area (Å²) < 4.78 is 22.9. The van der Waals surface area contributed by atoms with Gasteiger partial charge in [0.2, 0.25) is 0 Å². The minimum Gasteiger partial charge on any atom is -0.508 e. The molecule has 20 heavy (non-hydrogen) atoms. The van der Waals surface area contributed by atoms with Crippen LogP contribution in [0.25, 0.3) is 0 Å². The Bertz CT molecular complexity index is 679. The molecule has 3 rings (SSSR count). The molecule has 3 unspecified atom stereocenters. The van der Waals surface area contributed by atoms with Gasteiger partial charge in [-0.05, 0) is 36.5 Å². The van der Waals surface area contributed by atoms with Crippen molar-refractivity contribution >= 4 is 9.84 Å². The number of aryl methyl sites for hydroxylation is 1. The summed E-state index contributed by atoms with van der Waals surface area (Å²) in [5.41, 5.74) is 3.33. The Labute approximate surface area is 119 Å². The summed E-state index contributed by atoms with van der Waals surface area (Å²) in [7, 11) is -3.05. The van der Waals surface area contributed by atoms with Gasteiger partial charge in [-0.2, -0.15) is 0 Å². The SMILES string of the molecule is Cc1ccc(O)c2c1C(C)CC2NC1C=CS(=O)(=O)C1. The maximum atomic E-state index is 11.5. The molecule has 108 valence electrons. The number of phenols is 1. The highest BCUT2D eigenvalue weighted by molar-refractivity contribution is 7.94. The lowest BCUT2D eigenvalue weighted by molar-refractivity contribution is 0.438. The van der Waals surface area contributed by atoms with E-state index in [4.69, 9.17) is 0 Å². The molecule has 1 heterocycles. The highest BCUT2D eigenvalue weighted by atomic mass is 32.2. The van der Waals surface area contributed by atoms with Crippen LogP contribution in [0.5, 0.6) is 5.75 Å². The zero-order valence-electron chi connectivity index (χ0n) is 11.6. The molecule has 0 spiro atoms. The zero-order valence-corrected chi connectivity index (χ0v) is 12.4. The number of phenolic OH excluding ortho intramolecular Hbond substituents is 1. The van der Waals surface area contributed by atoms with Gasteiger partial charge in [-0.1, -0.05) is 19.1 Å². The minimum absolute atomic E-state index is 0.0165. The summed E-state index contributed by atoms with van der Waals surface area (Å²) in [5, 5.41) is 14.8. The van der Waals surface area contributed by atoms with Gasteiger partial charge in [-0.25, -0.2) is 8.42 Å². The molecule has 4 nitrogen and oxygen atoms in total. The van der Waals surface area contributed by atoms with Gasteiger partial charge in [0.25, 0.3) is 0 Å². The van der Waals surface area contributed by atoms with E-state index in [1.54, 1.807) is 12.1 Å². The van der Waals surface area contributed by atoms with Gasteiger partial charge in [-0.15, -0.1) is 0 Å². The van der Waals surface area contributed by atoms with Crippen molar-refractivity contribution < 1.29 is 13.5 Å². The number of hydrogen-bond donors (Lipinski definition) is 2. The predicted octanol–water partition coefficient (Wildman–Crippen LogP) is 2.15. The molecule has 0 fully saturated rings. The summed E-state index contributed by atoms with van der Waals surface area (Å²) in [5.74, 6) is 0.786. The van der Waals surface area contributed by atoms with Crippen molar-refractivity contribution in [3.05, 3.63) is 40.3 Å². The average molecular weight is 293 g/mol. The molecule has 0 aromatic heterocycles. The topological polar surface area (TPSA) is 66.4 Å². The minimum atomic E-state index is -3.05. The molecular formula is C15H19NO3S. The molecule has 0 saturated heterocycles. The first-order valence-electron chi connectivity index (χ1n) is 6.87. The maximum Gasteiger partial charge on any atom is 0.173 e. The van der Waals surface area contributed by atoms with Crippen molar-refractivity contribution in [1.29, 1.82) is 0 Å². The van der Waals surface area contributed by atoms with Gasteiger partial charge in [0.05, 0.1) is 5.75 Å². The van der Waals surface area contributed by atoms with Gasteiger partial charge in [0.15, 0.2) is 9.84 Å². The lowest BCUT2D eigenvalue weighted by Crippen LogP contribution is -2.32. The Morgan fingerprint density at radius 3 is 2.70 bits per heavy atom. The first-order chi connectivity index (χ1) is 9.37. The van der Waals surface area contributed by atoms with E-state index in [2.05, 4.69) is 19.2 Å². The molecule has 1 aliphatic carbocycles. The van der Waals surface area contributed by atoms with Crippen LogP contribution in [-0.2, 0) is 9.84 Å². The maximum absolute atomic E-state index is 11.5. The fourth-order valence-electron chi connectivity index (χ4n) is 3.43. The van der Waals surface area contributed by atoms with E-state index in [9.17, 15) is 13.5 Å². The molecular weight excluding hydrogens is 274 g/mol. The summed E-state index contributed by atoms with van der Waals surface area (Å²) in [6, 6.07) is 3.51. The fourth-order valence-corrected chi connectivity index (χ4v) is 4.68. The van der Waals surface area contributed by atoms with Crippen LogP contribution < -0.4 is 5.32 Å². The first kappa shape index (κ1) is 13.6. The molecule has 2 aliphatic rings. The third kappa shape index (κ3) is 2.25. The second kappa shape index (κ2) is 4.60. The van der Waals surface area contributed by atoms with Crippen molar-refractivity contribution in [2.24, 2.45) is 0 Å². The van der Waals surface area contributed by atoms with E-state index in [0.717, 1.165) is 12.0 Å².